The average molecular weight is 312 g/mol. The molecule has 6 heteroatoms. The maximum atomic E-state index is 12.2. The minimum Gasteiger partial charge on any atom is -0.340 e. The summed E-state index contributed by atoms with van der Waals surface area (Å²) in [4.78, 5) is 26.0. The summed E-state index contributed by atoms with van der Waals surface area (Å²) in [7, 11) is 0. The van der Waals surface area contributed by atoms with Crippen LogP contribution in [-0.2, 0) is 9.59 Å². The van der Waals surface area contributed by atoms with Crippen molar-refractivity contribution in [2.24, 2.45) is 0 Å². The molecule has 116 valence electrons. The van der Waals surface area contributed by atoms with Gasteiger partial charge in [0, 0.05) is 25.3 Å². The Bertz CT molecular complexity index is 465. The number of nitrogens with zero attached hydrogens (tertiary/aromatic N) is 1. The Morgan fingerprint density at radius 2 is 2.10 bits per heavy atom. The van der Waals surface area contributed by atoms with Crippen molar-refractivity contribution in [1.82, 2.24) is 10.2 Å². The second-order valence-corrected chi connectivity index (χ2v) is 4.95. The Hall–Kier alpha value is -1.59. The number of nitrogens with one attached hydrogen (secondary N) is 2. The van der Waals surface area contributed by atoms with Crippen LogP contribution in [0, 0.1) is 0 Å². The summed E-state index contributed by atoms with van der Waals surface area (Å²) < 4.78 is 0. The Kier molecular flexibility index (Phi) is 7.19. The van der Waals surface area contributed by atoms with Gasteiger partial charge in [0.2, 0.25) is 11.8 Å². The van der Waals surface area contributed by atoms with E-state index in [-0.39, 0.29) is 30.6 Å². The fraction of sp³-hybridized carbons (Fsp3) is 0.467. The molecular weight excluding hydrogens is 290 g/mol. The monoisotopic (exact) mass is 311 g/mol. The van der Waals surface area contributed by atoms with Crippen molar-refractivity contribution in [1.29, 1.82) is 0 Å². The number of para-hydroxylation sites is 1. The van der Waals surface area contributed by atoms with Gasteiger partial charge in [0.1, 0.15) is 0 Å². The van der Waals surface area contributed by atoms with E-state index in [9.17, 15) is 9.59 Å². The molecule has 0 radical (unpaired) electrons. The highest BCUT2D eigenvalue weighted by molar-refractivity contribution is 5.95. The molecule has 0 spiro atoms. The van der Waals surface area contributed by atoms with Crippen molar-refractivity contribution in [3.8, 4) is 0 Å². The molecule has 0 aliphatic carbocycles. The van der Waals surface area contributed by atoms with Gasteiger partial charge in [-0.1, -0.05) is 25.1 Å². The van der Waals surface area contributed by atoms with Crippen LogP contribution in [0.3, 0.4) is 0 Å². The molecule has 1 aromatic carbocycles. The Morgan fingerprint density at radius 3 is 2.76 bits per heavy atom. The van der Waals surface area contributed by atoms with E-state index in [1.807, 2.05) is 42.2 Å². The molecule has 5 nitrogen and oxygen atoms in total. The lowest BCUT2D eigenvalue weighted by atomic mass is 10.1. The van der Waals surface area contributed by atoms with Crippen molar-refractivity contribution in [2.45, 2.75) is 25.8 Å². The SMILES string of the molecule is CCCN1CCNC(CC(=O)Nc2ccccc2)C1=O.Cl. The molecule has 1 atom stereocenters. The largest absolute Gasteiger partial charge is 0.340 e. The maximum absolute atomic E-state index is 12.2. The Morgan fingerprint density at radius 1 is 1.38 bits per heavy atom. The van der Waals surface area contributed by atoms with Crippen LogP contribution in [0.2, 0.25) is 0 Å². The van der Waals surface area contributed by atoms with Crippen LogP contribution in [0.25, 0.3) is 0 Å². The fourth-order valence-electron chi connectivity index (χ4n) is 2.36. The van der Waals surface area contributed by atoms with Gasteiger partial charge < -0.3 is 15.5 Å². The average Bonchev–Trinajstić information content (AvgIpc) is 2.44. The zero-order valence-corrected chi connectivity index (χ0v) is 13.0. The van der Waals surface area contributed by atoms with E-state index in [1.165, 1.54) is 0 Å². The van der Waals surface area contributed by atoms with Crippen molar-refractivity contribution < 1.29 is 9.59 Å². The third-order valence-electron chi connectivity index (χ3n) is 3.32. The Labute approximate surface area is 131 Å². The van der Waals surface area contributed by atoms with Gasteiger partial charge in [-0.2, -0.15) is 0 Å². The summed E-state index contributed by atoms with van der Waals surface area (Å²) in [5.41, 5.74) is 0.756. The molecule has 1 fully saturated rings. The predicted octanol–water partition coefficient (Wildman–Crippen LogP) is 1.65. The summed E-state index contributed by atoms with van der Waals surface area (Å²) in [5.74, 6) is -0.110. The number of anilines is 1. The molecule has 1 aromatic rings. The molecule has 0 aromatic heterocycles. The van der Waals surface area contributed by atoms with E-state index in [4.69, 9.17) is 0 Å². The number of rotatable bonds is 5. The summed E-state index contributed by atoms with van der Waals surface area (Å²) in [5, 5.41) is 5.93. The van der Waals surface area contributed by atoms with Gasteiger partial charge in [-0.25, -0.2) is 0 Å². The van der Waals surface area contributed by atoms with Crippen LogP contribution in [0.4, 0.5) is 5.69 Å². The van der Waals surface area contributed by atoms with Gasteiger partial charge in [0.25, 0.3) is 0 Å². The van der Waals surface area contributed by atoms with Gasteiger partial charge in [-0.05, 0) is 18.6 Å². The molecule has 2 amide bonds. The smallest absolute Gasteiger partial charge is 0.240 e. The van der Waals surface area contributed by atoms with Crippen LogP contribution in [0.5, 0.6) is 0 Å². The molecule has 21 heavy (non-hydrogen) atoms. The van der Waals surface area contributed by atoms with Crippen molar-refractivity contribution in [2.75, 3.05) is 25.0 Å². The van der Waals surface area contributed by atoms with Gasteiger partial charge in [-0.3, -0.25) is 9.59 Å². The molecule has 1 aliphatic rings. The van der Waals surface area contributed by atoms with E-state index < -0.39 is 6.04 Å². The van der Waals surface area contributed by atoms with Crippen LogP contribution in [0.1, 0.15) is 19.8 Å². The second kappa shape index (κ2) is 8.64. The molecule has 0 bridgehead atoms. The molecule has 1 unspecified atom stereocenters. The summed E-state index contributed by atoms with van der Waals surface area (Å²) in [6, 6.07) is 8.88. The first-order valence-corrected chi connectivity index (χ1v) is 7.07. The molecule has 2 rings (SSSR count). The zero-order chi connectivity index (χ0) is 14.4. The van der Waals surface area contributed by atoms with Crippen LogP contribution in [0.15, 0.2) is 30.3 Å². The summed E-state index contributed by atoms with van der Waals surface area (Å²) in [6.07, 6.45) is 1.11. The van der Waals surface area contributed by atoms with E-state index in [0.717, 1.165) is 31.7 Å². The number of hydrogen-bond donors (Lipinski definition) is 2. The summed E-state index contributed by atoms with van der Waals surface area (Å²) >= 11 is 0. The molecule has 1 aliphatic heterocycles. The van der Waals surface area contributed by atoms with Crippen LogP contribution < -0.4 is 10.6 Å². The number of carbonyl (C=O) groups is 2. The minimum absolute atomic E-state index is 0. The van der Waals surface area contributed by atoms with Crippen molar-refractivity contribution >= 4 is 29.9 Å². The highest BCUT2D eigenvalue weighted by Gasteiger charge is 2.29. The van der Waals surface area contributed by atoms with Gasteiger partial charge in [-0.15, -0.1) is 12.4 Å². The quantitative estimate of drug-likeness (QED) is 0.869. The number of amides is 2. The standard InChI is InChI=1S/C15H21N3O2.ClH/c1-2-9-18-10-8-16-13(15(18)20)11-14(19)17-12-6-4-3-5-7-12;/h3-7,13,16H,2,8-11H2,1H3,(H,17,19);1H. The van der Waals surface area contributed by atoms with E-state index in [1.54, 1.807) is 0 Å². The molecule has 2 N–H and O–H groups in total. The van der Waals surface area contributed by atoms with Gasteiger partial charge in [0.15, 0.2) is 0 Å². The van der Waals surface area contributed by atoms with Crippen LogP contribution >= 0.6 is 12.4 Å². The van der Waals surface area contributed by atoms with E-state index >= 15 is 0 Å². The normalized spacial score (nSPS) is 18.0. The first-order chi connectivity index (χ1) is 9.70. The minimum atomic E-state index is -0.404. The molecule has 1 saturated heterocycles. The van der Waals surface area contributed by atoms with E-state index in [0.29, 0.717) is 0 Å². The third-order valence-corrected chi connectivity index (χ3v) is 3.32. The second-order valence-electron chi connectivity index (χ2n) is 4.95. The van der Waals surface area contributed by atoms with Crippen molar-refractivity contribution in [3.05, 3.63) is 30.3 Å². The molecule has 0 saturated carbocycles. The zero-order valence-electron chi connectivity index (χ0n) is 12.2. The summed E-state index contributed by atoms with van der Waals surface area (Å²) in [6.45, 7) is 4.28. The topological polar surface area (TPSA) is 61.4 Å². The highest BCUT2D eigenvalue weighted by Crippen LogP contribution is 2.09. The van der Waals surface area contributed by atoms with E-state index in [2.05, 4.69) is 10.6 Å². The third kappa shape index (κ3) is 5.02. The Balaban J connectivity index is 0.00000220. The fourth-order valence-corrected chi connectivity index (χ4v) is 2.36. The first kappa shape index (κ1) is 17.5. The van der Waals surface area contributed by atoms with Crippen LogP contribution in [-0.4, -0.2) is 42.4 Å². The van der Waals surface area contributed by atoms with Gasteiger partial charge in [0.05, 0.1) is 12.5 Å². The highest BCUT2D eigenvalue weighted by atomic mass is 35.5. The maximum Gasteiger partial charge on any atom is 0.240 e. The number of halogens is 1. The number of carbonyl (C=O) groups excluding carboxylic acids is 2. The van der Waals surface area contributed by atoms with Gasteiger partial charge >= 0.3 is 0 Å². The first-order valence-electron chi connectivity index (χ1n) is 7.07. The molecule has 1 heterocycles. The lowest BCUT2D eigenvalue weighted by molar-refractivity contribution is -0.137. The lowest BCUT2D eigenvalue weighted by Crippen LogP contribution is -2.56. The lowest BCUT2D eigenvalue weighted by Gasteiger charge is -2.32. The predicted molar refractivity (Wildman–Crippen MR) is 85.6 cm³/mol. The molecular formula is C15H22ClN3O2. The number of hydrogen-bond acceptors (Lipinski definition) is 3. The number of benzene rings is 1. The number of piperazine rings is 1. The van der Waals surface area contributed by atoms with Crippen molar-refractivity contribution in [3.63, 3.8) is 0 Å².